The average molecular weight is 343 g/mol. The summed E-state index contributed by atoms with van der Waals surface area (Å²) in [6.07, 6.45) is 4.93. The minimum atomic E-state index is -0.263. The first-order chi connectivity index (χ1) is 12.6. The maximum atomic E-state index is 12.3. The first kappa shape index (κ1) is 15.8. The molecule has 0 spiro atoms. The number of rotatable bonds is 3. The molecule has 0 atom stereocenters. The second-order valence-electron chi connectivity index (χ2n) is 5.89. The molecule has 0 saturated heterocycles. The number of nitrogens with zero attached hydrogens (tertiary/aromatic N) is 4. The van der Waals surface area contributed by atoms with E-state index in [9.17, 15) is 4.79 Å². The number of amides is 1. The number of benzene rings is 1. The molecule has 26 heavy (non-hydrogen) atoms. The summed E-state index contributed by atoms with van der Waals surface area (Å²) >= 11 is 0. The van der Waals surface area contributed by atoms with Crippen molar-refractivity contribution in [1.82, 2.24) is 9.97 Å². The summed E-state index contributed by atoms with van der Waals surface area (Å²) in [6, 6.07) is 15.1. The van der Waals surface area contributed by atoms with Gasteiger partial charge in [0.15, 0.2) is 0 Å². The maximum absolute atomic E-state index is 12.3. The lowest BCUT2D eigenvalue weighted by Crippen LogP contribution is -2.21. The molecule has 0 unspecified atom stereocenters. The van der Waals surface area contributed by atoms with Crippen molar-refractivity contribution in [3.63, 3.8) is 0 Å². The molecule has 1 amide bonds. The van der Waals surface area contributed by atoms with Crippen LogP contribution in [0.25, 0.3) is 0 Å². The van der Waals surface area contributed by atoms with E-state index in [0.29, 0.717) is 11.4 Å². The van der Waals surface area contributed by atoms with E-state index in [-0.39, 0.29) is 5.91 Å². The van der Waals surface area contributed by atoms with Crippen LogP contribution in [0, 0.1) is 0 Å². The molecule has 1 aliphatic rings. The van der Waals surface area contributed by atoms with E-state index in [4.69, 9.17) is 0 Å². The van der Waals surface area contributed by atoms with Crippen LogP contribution in [0.3, 0.4) is 0 Å². The predicted octanol–water partition coefficient (Wildman–Crippen LogP) is 3.79. The molecule has 6 heteroatoms. The lowest BCUT2D eigenvalue weighted by atomic mass is 10.2. The van der Waals surface area contributed by atoms with Crippen LogP contribution < -0.4 is 15.1 Å². The molecule has 6 nitrogen and oxygen atoms in total. The molecule has 3 heterocycles. The monoisotopic (exact) mass is 343 g/mol. The largest absolute Gasteiger partial charge is 0.329 e. The van der Waals surface area contributed by atoms with Crippen molar-refractivity contribution in [2.45, 2.75) is 0 Å². The Hall–Kier alpha value is -3.67. The van der Waals surface area contributed by atoms with Crippen LogP contribution in [0.15, 0.2) is 79.5 Å². The summed E-state index contributed by atoms with van der Waals surface area (Å²) in [5.74, 6) is 0.572. The lowest BCUT2D eigenvalue weighted by molar-refractivity contribution is 0.102. The number of pyridine rings is 2. The highest BCUT2D eigenvalue weighted by Crippen LogP contribution is 2.44. The number of carbonyl (C=O) groups is 1. The zero-order valence-electron chi connectivity index (χ0n) is 14.3. The van der Waals surface area contributed by atoms with Crippen LogP contribution in [-0.4, -0.2) is 22.9 Å². The van der Waals surface area contributed by atoms with Gasteiger partial charge in [-0.3, -0.25) is 14.7 Å². The third kappa shape index (κ3) is 2.67. The van der Waals surface area contributed by atoms with Gasteiger partial charge < -0.3 is 10.2 Å². The maximum Gasteiger partial charge on any atom is 0.274 e. The molecule has 1 N–H and O–H groups in total. The zero-order chi connectivity index (χ0) is 18.1. The summed E-state index contributed by atoms with van der Waals surface area (Å²) < 4.78 is 0. The highest BCUT2D eigenvalue weighted by atomic mass is 16.1. The van der Waals surface area contributed by atoms with Gasteiger partial charge in [0.1, 0.15) is 11.5 Å². The van der Waals surface area contributed by atoms with Gasteiger partial charge in [-0.1, -0.05) is 18.7 Å². The third-order valence-electron chi connectivity index (χ3n) is 4.31. The second kappa shape index (κ2) is 6.33. The number of anilines is 4. The Balaban J connectivity index is 1.59. The Morgan fingerprint density at radius 3 is 2.46 bits per heavy atom. The molecule has 1 aliphatic heterocycles. The lowest BCUT2D eigenvalue weighted by Gasteiger charge is -2.21. The van der Waals surface area contributed by atoms with E-state index >= 15 is 0 Å². The molecular weight excluding hydrogens is 326 g/mol. The first-order valence-corrected chi connectivity index (χ1v) is 8.14. The van der Waals surface area contributed by atoms with Crippen molar-refractivity contribution in [3.8, 4) is 0 Å². The SMILES string of the molecule is C=C1N(C)c2ccccc2N1c1ccc(C(=O)Nc2ccncc2)nc1. The van der Waals surface area contributed by atoms with Crippen molar-refractivity contribution in [1.29, 1.82) is 0 Å². The van der Waals surface area contributed by atoms with E-state index in [0.717, 1.165) is 22.9 Å². The molecule has 3 aromatic rings. The van der Waals surface area contributed by atoms with Crippen LogP contribution in [0.2, 0.25) is 0 Å². The van der Waals surface area contributed by atoms with Crippen LogP contribution in [-0.2, 0) is 0 Å². The summed E-state index contributed by atoms with van der Waals surface area (Å²) in [5, 5.41) is 2.80. The van der Waals surface area contributed by atoms with Crippen molar-refractivity contribution in [3.05, 3.63) is 85.2 Å². The van der Waals surface area contributed by atoms with Gasteiger partial charge in [0.2, 0.25) is 0 Å². The van der Waals surface area contributed by atoms with Gasteiger partial charge in [0.25, 0.3) is 5.91 Å². The standard InChI is InChI=1S/C20H17N5O/c1-14-24(2)18-5-3-4-6-19(18)25(14)16-7-8-17(22-13-16)20(26)23-15-9-11-21-12-10-15/h3-13H,1H2,2H3,(H,21,23,26). The minimum Gasteiger partial charge on any atom is -0.329 e. The number of nitrogens with one attached hydrogen (secondary N) is 1. The van der Waals surface area contributed by atoms with Crippen LogP contribution >= 0.6 is 0 Å². The molecule has 1 aromatic carbocycles. The second-order valence-corrected chi connectivity index (χ2v) is 5.89. The van der Waals surface area contributed by atoms with E-state index in [2.05, 4.69) is 21.9 Å². The molecule has 0 aliphatic carbocycles. The number of fused-ring (bicyclic) bond motifs is 1. The normalized spacial score (nSPS) is 12.9. The molecule has 0 bridgehead atoms. The van der Waals surface area contributed by atoms with E-state index in [1.54, 1.807) is 36.8 Å². The summed E-state index contributed by atoms with van der Waals surface area (Å²) in [5.41, 5.74) is 4.00. The summed E-state index contributed by atoms with van der Waals surface area (Å²) in [4.78, 5) is 24.6. The number of carbonyl (C=O) groups excluding carboxylic acids is 1. The fourth-order valence-electron chi connectivity index (χ4n) is 2.94. The van der Waals surface area contributed by atoms with Gasteiger partial charge in [0, 0.05) is 25.1 Å². The summed E-state index contributed by atoms with van der Waals surface area (Å²) in [7, 11) is 1.98. The van der Waals surface area contributed by atoms with Crippen molar-refractivity contribution in [2.75, 3.05) is 22.2 Å². The number of para-hydroxylation sites is 2. The third-order valence-corrected chi connectivity index (χ3v) is 4.31. The Morgan fingerprint density at radius 2 is 1.77 bits per heavy atom. The highest BCUT2D eigenvalue weighted by molar-refractivity contribution is 6.03. The number of hydrogen-bond donors (Lipinski definition) is 1. The van der Waals surface area contributed by atoms with Gasteiger partial charge >= 0.3 is 0 Å². The van der Waals surface area contributed by atoms with Crippen LogP contribution in [0.4, 0.5) is 22.7 Å². The van der Waals surface area contributed by atoms with E-state index in [1.165, 1.54) is 0 Å². The highest BCUT2D eigenvalue weighted by Gasteiger charge is 2.28. The van der Waals surface area contributed by atoms with Gasteiger partial charge in [-0.2, -0.15) is 0 Å². The fourth-order valence-corrected chi connectivity index (χ4v) is 2.94. The molecular formula is C20H17N5O. The van der Waals surface area contributed by atoms with Crippen molar-refractivity contribution >= 4 is 28.7 Å². The predicted molar refractivity (Wildman–Crippen MR) is 103 cm³/mol. The number of hydrogen-bond acceptors (Lipinski definition) is 5. The Labute approximate surface area is 151 Å². The van der Waals surface area contributed by atoms with Gasteiger partial charge in [-0.05, 0) is 36.4 Å². The minimum absolute atomic E-state index is 0.263. The van der Waals surface area contributed by atoms with E-state index in [1.807, 2.05) is 47.2 Å². The molecule has 0 fully saturated rings. The zero-order valence-corrected chi connectivity index (χ0v) is 14.3. The first-order valence-electron chi connectivity index (χ1n) is 8.14. The molecule has 0 radical (unpaired) electrons. The van der Waals surface area contributed by atoms with Crippen molar-refractivity contribution < 1.29 is 4.79 Å². The quantitative estimate of drug-likeness (QED) is 0.784. The number of aromatic nitrogens is 2. The Morgan fingerprint density at radius 1 is 1.04 bits per heavy atom. The molecule has 0 saturated carbocycles. The van der Waals surface area contributed by atoms with Gasteiger partial charge in [-0.25, -0.2) is 4.98 Å². The van der Waals surface area contributed by atoms with Gasteiger partial charge in [-0.15, -0.1) is 0 Å². The smallest absolute Gasteiger partial charge is 0.274 e. The van der Waals surface area contributed by atoms with Crippen molar-refractivity contribution in [2.24, 2.45) is 0 Å². The van der Waals surface area contributed by atoms with Crippen LogP contribution in [0.1, 0.15) is 10.5 Å². The Kier molecular flexibility index (Phi) is 3.85. The molecule has 128 valence electrons. The van der Waals surface area contributed by atoms with Gasteiger partial charge in [0.05, 0.1) is 23.3 Å². The average Bonchev–Trinajstić information content (AvgIpc) is 2.94. The fraction of sp³-hybridized carbons (Fsp3) is 0.0500. The topological polar surface area (TPSA) is 61.4 Å². The molecule has 2 aromatic heterocycles. The molecule has 4 rings (SSSR count). The Bertz CT molecular complexity index is 969. The van der Waals surface area contributed by atoms with Crippen LogP contribution in [0.5, 0.6) is 0 Å². The van der Waals surface area contributed by atoms with E-state index < -0.39 is 0 Å². The summed E-state index contributed by atoms with van der Waals surface area (Å²) in [6.45, 7) is 4.16.